The number of hydrogen-bond acceptors (Lipinski definition) is 4. The summed E-state index contributed by atoms with van der Waals surface area (Å²) in [6.45, 7) is 3.51. The standard InChI is InChI=1S/C27H27N3O4/c1-17-15-22(18(2)30(17)20-10-12-21(34-3)13-11-20)24(31)16-29-25(32)27(28-26(29)33)14-6-8-19-7-4-5-9-23(19)27/h4-5,7,9-13,15H,6,8,14,16H2,1-3H3,(H,28,33)/t27-/m1/s1. The maximum Gasteiger partial charge on any atom is 0.325 e. The van der Waals surface area contributed by atoms with Gasteiger partial charge in [-0.25, -0.2) is 4.79 Å². The van der Waals surface area contributed by atoms with E-state index >= 15 is 0 Å². The molecule has 3 aromatic rings. The van der Waals surface area contributed by atoms with Crippen molar-refractivity contribution in [3.8, 4) is 11.4 Å². The van der Waals surface area contributed by atoms with Crippen LogP contribution in [0.5, 0.6) is 5.75 Å². The van der Waals surface area contributed by atoms with Crippen molar-refractivity contribution >= 4 is 17.7 Å². The molecule has 1 aliphatic heterocycles. The van der Waals surface area contributed by atoms with Gasteiger partial charge in [0, 0.05) is 22.6 Å². The number of carbonyl (C=O) groups excluding carboxylic acids is 3. The third kappa shape index (κ3) is 3.31. The number of benzene rings is 2. The number of urea groups is 1. The largest absolute Gasteiger partial charge is 0.497 e. The second kappa shape index (κ2) is 8.17. The fraction of sp³-hybridized carbons (Fsp3) is 0.296. The predicted molar refractivity (Wildman–Crippen MR) is 127 cm³/mol. The number of ether oxygens (including phenoxy) is 1. The lowest BCUT2D eigenvalue weighted by molar-refractivity contribution is -0.131. The summed E-state index contributed by atoms with van der Waals surface area (Å²) < 4.78 is 7.22. The van der Waals surface area contributed by atoms with E-state index < -0.39 is 11.6 Å². The summed E-state index contributed by atoms with van der Waals surface area (Å²) in [5.41, 5.74) is 3.89. The molecule has 1 atom stereocenters. The summed E-state index contributed by atoms with van der Waals surface area (Å²) in [5, 5.41) is 2.92. The highest BCUT2D eigenvalue weighted by Gasteiger charge is 2.54. The molecule has 0 radical (unpaired) electrons. The minimum Gasteiger partial charge on any atom is -0.497 e. The van der Waals surface area contributed by atoms with Crippen LogP contribution in [0.3, 0.4) is 0 Å². The lowest BCUT2D eigenvalue weighted by Gasteiger charge is -2.33. The van der Waals surface area contributed by atoms with Crippen LogP contribution in [-0.4, -0.2) is 40.8 Å². The number of nitrogens with zero attached hydrogens (tertiary/aromatic N) is 2. The van der Waals surface area contributed by atoms with Crippen molar-refractivity contribution in [2.75, 3.05) is 13.7 Å². The molecule has 2 aromatic carbocycles. The van der Waals surface area contributed by atoms with Crippen molar-refractivity contribution in [2.45, 2.75) is 38.6 Å². The molecule has 0 bridgehead atoms. The Hall–Kier alpha value is -3.87. The molecule has 1 saturated heterocycles. The fourth-order valence-corrected chi connectivity index (χ4v) is 5.36. The maximum atomic E-state index is 13.5. The van der Waals surface area contributed by atoms with Gasteiger partial charge in [0.2, 0.25) is 0 Å². The summed E-state index contributed by atoms with van der Waals surface area (Å²) >= 11 is 0. The lowest BCUT2D eigenvalue weighted by Crippen LogP contribution is -2.46. The molecule has 7 nitrogen and oxygen atoms in total. The normalized spacial score (nSPS) is 19.3. The molecule has 1 aliphatic carbocycles. The second-order valence-corrected chi connectivity index (χ2v) is 8.98. The van der Waals surface area contributed by atoms with E-state index in [1.807, 2.05) is 73.0 Å². The highest BCUT2D eigenvalue weighted by Crippen LogP contribution is 2.40. The van der Waals surface area contributed by atoms with Gasteiger partial charge in [0.1, 0.15) is 11.3 Å². The number of carbonyl (C=O) groups is 3. The van der Waals surface area contributed by atoms with E-state index in [1.165, 1.54) is 0 Å². The lowest BCUT2D eigenvalue weighted by atomic mass is 9.76. The monoisotopic (exact) mass is 457 g/mol. The number of nitrogens with one attached hydrogen (secondary N) is 1. The fourth-order valence-electron chi connectivity index (χ4n) is 5.36. The summed E-state index contributed by atoms with van der Waals surface area (Å²) in [4.78, 5) is 40.8. The summed E-state index contributed by atoms with van der Waals surface area (Å²) in [7, 11) is 1.61. The summed E-state index contributed by atoms with van der Waals surface area (Å²) in [6, 6.07) is 16.6. The molecule has 7 heteroatoms. The zero-order valence-corrected chi connectivity index (χ0v) is 19.6. The van der Waals surface area contributed by atoms with E-state index in [2.05, 4.69) is 5.32 Å². The van der Waals surface area contributed by atoms with Crippen molar-refractivity contribution < 1.29 is 19.1 Å². The topological polar surface area (TPSA) is 80.6 Å². The van der Waals surface area contributed by atoms with Gasteiger partial charge >= 0.3 is 6.03 Å². The first-order valence-corrected chi connectivity index (χ1v) is 11.4. The van der Waals surface area contributed by atoms with Gasteiger partial charge in [0.15, 0.2) is 5.78 Å². The molecular weight excluding hydrogens is 430 g/mol. The first-order valence-electron chi connectivity index (χ1n) is 11.4. The van der Waals surface area contributed by atoms with E-state index in [9.17, 15) is 14.4 Å². The molecule has 5 rings (SSSR count). The van der Waals surface area contributed by atoms with Crippen LogP contribution >= 0.6 is 0 Å². The molecule has 1 aromatic heterocycles. The van der Waals surface area contributed by atoms with Gasteiger partial charge in [0.25, 0.3) is 5.91 Å². The SMILES string of the molecule is COc1ccc(-n2c(C)cc(C(=O)CN3C(=O)N[C@@]4(CCCc5ccccc54)C3=O)c2C)cc1. The Bertz CT molecular complexity index is 1310. The maximum absolute atomic E-state index is 13.5. The molecule has 34 heavy (non-hydrogen) atoms. The molecule has 1 spiro atoms. The molecule has 0 unspecified atom stereocenters. The molecule has 3 amide bonds. The number of hydrogen-bond donors (Lipinski definition) is 1. The number of fused-ring (bicyclic) bond motifs is 2. The van der Waals surface area contributed by atoms with Gasteiger partial charge in [-0.1, -0.05) is 24.3 Å². The van der Waals surface area contributed by atoms with E-state index in [0.29, 0.717) is 12.0 Å². The zero-order chi connectivity index (χ0) is 24.0. The van der Waals surface area contributed by atoms with Crippen molar-refractivity contribution in [2.24, 2.45) is 0 Å². The van der Waals surface area contributed by atoms with Crippen molar-refractivity contribution in [3.63, 3.8) is 0 Å². The van der Waals surface area contributed by atoms with Crippen LogP contribution < -0.4 is 10.1 Å². The molecule has 174 valence electrons. The first-order chi connectivity index (χ1) is 16.4. The Balaban J connectivity index is 1.42. The summed E-state index contributed by atoms with van der Waals surface area (Å²) in [5.74, 6) is 0.138. The number of aryl methyl sites for hydroxylation is 2. The smallest absolute Gasteiger partial charge is 0.325 e. The van der Waals surface area contributed by atoms with E-state index in [-0.39, 0.29) is 18.2 Å². The Morgan fingerprint density at radius 2 is 1.82 bits per heavy atom. The first kappa shape index (κ1) is 21.9. The number of ketones is 1. The third-order valence-corrected chi connectivity index (χ3v) is 7.01. The minimum atomic E-state index is -1.08. The Kier molecular flexibility index (Phi) is 5.27. The molecule has 1 N–H and O–H groups in total. The zero-order valence-electron chi connectivity index (χ0n) is 19.6. The van der Waals surface area contributed by atoms with Crippen molar-refractivity contribution in [1.29, 1.82) is 0 Å². The van der Waals surface area contributed by atoms with Crippen LogP contribution in [0.2, 0.25) is 0 Å². The van der Waals surface area contributed by atoms with Crippen LogP contribution in [0, 0.1) is 13.8 Å². The van der Waals surface area contributed by atoms with Gasteiger partial charge in [-0.15, -0.1) is 0 Å². The highest BCUT2D eigenvalue weighted by molar-refractivity contribution is 6.12. The van der Waals surface area contributed by atoms with Gasteiger partial charge in [-0.2, -0.15) is 0 Å². The van der Waals surface area contributed by atoms with Gasteiger partial charge in [-0.3, -0.25) is 14.5 Å². The molecule has 2 aliphatic rings. The van der Waals surface area contributed by atoms with E-state index in [1.54, 1.807) is 7.11 Å². The molecule has 2 heterocycles. The number of imide groups is 1. The van der Waals surface area contributed by atoms with Crippen molar-refractivity contribution in [3.05, 3.63) is 82.7 Å². The number of rotatable bonds is 5. The number of amides is 3. The Morgan fingerprint density at radius 3 is 2.56 bits per heavy atom. The average molecular weight is 458 g/mol. The van der Waals surface area contributed by atoms with Crippen LogP contribution in [0.25, 0.3) is 5.69 Å². The number of aromatic nitrogens is 1. The van der Waals surface area contributed by atoms with Crippen molar-refractivity contribution in [1.82, 2.24) is 14.8 Å². The van der Waals surface area contributed by atoms with Crippen LogP contribution in [0.1, 0.15) is 45.7 Å². The summed E-state index contributed by atoms with van der Waals surface area (Å²) in [6.07, 6.45) is 2.20. The Labute approximate surface area is 198 Å². The van der Waals surface area contributed by atoms with Gasteiger partial charge in [0.05, 0.1) is 13.7 Å². The average Bonchev–Trinajstić information content (AvgIpc) is 3.27. The quantitative estimate of drug-likeness (QED) is 0.463. The number of Topliss-reactive ketones (excluding diaryl/α,β-unsaturated/α-hetero) is 1. The number of methoxy groups -OCH3 is 1. The highest BCUT2D eigenvalue weighted by atomic mass is 16.5. The molecule has 0 saturated carbocycles. The van der Waals surface area contributed by atoms with Crippen LogP contribution in [0.15, 0.2) is 54.6 Å². The van der Waals surface area contributed by atoms with E-state index in [4.69, 9.17) is 4.74 Å². The predicted octanol–water partition coefficient (Wildman–Crippen LogP) is 4.07. The second-order valence-electron chi connectivity index (χ2n) is 8.98. The van der Waals surface area contributed by atoms with Crippen LogP contribution in [0.4, 0.5) is 4.79 Å². The van der Waals surface area contributed by atoms with Gasteiger partial charge in [-0.05, 0) is 74.6 Å². The van der Waals surface area contributed by atoms with Crippen LogP contribution in [-0.2, 0) is 16.8 Å². The Morgan fingerprint density at radius 1 is 1.09 bits per heavy atom. The molecule has 1 fully saturated rings. The van der Waals surface area contributed by atoms with E-state index in [0.717, 1.165) is 51.7 Å². The van der Waals surface area contributed by atoms with Gasteiger partial charge < -0.3 is 14.6 Å². The minimum absolute atomic E-state index is 0.266. The molecular formula is C27H27N3O4. The third-order valence-electron chi connectivity index (χ3n) is 7.01.